The standard InChI is InChI=1S/C17H19N5O2/c1-12-8-13(4-5-15(12)24-3)17-19-6-7-22(17)14-9-20-21(10-14)11-16(23)18-2/h4-10H,11H2,1-3H3,(H,18,23). The van der Waals surface area contributed by atoms with Crippen molar-refractivity contribution in [3.05, 3.63) is 48.5 Å². The molecule has 7 heteroatoms. The molecule has 7 nitrogen and oxygen atoms in total. The van der Waals surface area contributed by atoms with E-state index in [0.717, 1.165) is 28.4 Å². The zero-order chi connectivity index (χ0) is 17.1. The third-order valence-electron chi connectivity index (χ3n) is 3.78. The Morgan fingerprint density at radius 2 is 2.21 bits per heavy atom. The van der Waals surface area contributed by atoms with Gasteiger partial charge in [-0.15, -0.1) is 0 Å². The molecule has 0 fully saturated rings. The van der Waals surface area contributed by atoms with E-state index in [1.807, 2.05) is 42.1 Å². The van der Waals surface area contributed by atoms with E-state index >= 15 is 0 Å². The summed E-state index contributed by atoms with van der Waals surface area (Å²) in [4.78, 5) is 15.9. The molecule has 0 saturated heterocycles. The Hall–Kier alpha value is -3.09. The Kier molecular flexibility index (Phi) is 4.33. The number of benzene rings is 1. The van der Waals surface area contributed by atoms with Crippen LogP contribution in [0.2, 0.25) is 0 Å². The lowest BCUT2D eigenvalue weighted by Crippen LogP contribution is -2.23. The fourth-order valence-electron chi connectivity index (χ4n) is 2.53. The molecule has 3 aromatic rings. The van der Waals surface area contributed by atoms with Crippen molar-refractivity contribution in [3.8, 4) is 22.8 Å². The van der Waals surface area contributed by atoms with Crippen LogP contribution in [0.25, 0.3) is 17.1 Å². The molecule has 0 bridgehead atoms. The number of rotatable bonds is 5. The summed E-state index contributed by atoms with van der Waals surface area (Å²) in [6.07, 6.45) is 7.14. The van der Waals surface area contributed by atoms with Crippen molar-refractivity contribution < 1.29 is 9.53 Å². The second-order valence-electron chi connectivity index (χ2n) is 5.37. The van der Waals surface area contributed by atoms with E-state index in [2.05, 4.69) is 15.4 Å². The van der Waals surface area contributed by atoms with Crippen molar-refractivity contribution in [1.29, 1.82) is 0 Å². The highest BCUT2D eigenvalue weighted by molar-refractivity contribution is 5.75. The van der Waals surface area contributed by atoms with E-state index in [-0.39, 0.29) is 12.5 Å². The normalized spacial score (nSPS) is 10.6. The van der Waals surface area contributed by atoms with Gasteiger partial charge in [0.15, 0.2) is 0 Å². The molecule has 24 heavy (non-hydrogen) atoms. The third kappa shape index (κ3) is 3.01. The number of carbonyl (C=O) groups is 1. The second-order valence-corrected chi connectivity index (χ2v) is 5.37. The predicted octanol–water partition coefficient (Wildman–Crippen LogP) is 1.80. The number of ether oxygens (including phenoxy) is 1. The molecule has 0 saturated carbocycles. The number of methoxy groups -OCH3 is 1. The quantitative estimate of drug-likeness (QED) is 0.776. The lowest BCUT2D eigenvalue weighted by atomic mass is 10.1. The van der Waals surface area contributed by atoms with E-state index in [1.165, 1.54) is 0 Å². The summed E-state index contributed by atoms with van der Waals surface area (Å²) in [6, 6.07) is 5.94. The van der Waals surface area contributed by atoms with Gasteiger partial charge in [0.05, 0.1) is 19.0 Å². The molecule has 0 aliphatic heterocycles. The van der Waals surface area contributed by atoms with Gasteiger partial charge in [-0.05, 0) is 30.7 Å². The van der Waals surface area contributed by atoms with Crippen molar-refractivity contribution in [2.75, 3.05) is 14.2 Å². The van der Waals surface area contributed by atoms with Crippen LogP contribution in [0, 0.1) is 6.92 Å². The number of nitrogens with one attached hydrogen (secondary N) is 1. The van der Waals surface area contributed by atoms with Crippen LogP contribution in [0.15, 0.2) is 43.0 Å². The SMILES string of the molecule is CNC(=O)Cn1cc(-n2ccnc2-c2ccc(OC)c(C)c2)cn1. The summed E-state index contributed by atoms with van der Waals surface area (Å²) in [7, 11) is 3.26. The van der Waals surface area contributed by atoms with Gasteiger partial charge in [-0.3, -0.25) is 14.0 Å². The molecule has 3 rings (SSSR count). The van der Waals surface area contributed by atoms with E-state index in [1.54, 1.807) is 31.2 Å². The van der Waals surface area contributed by atoms with Crippen LogP contribution in [-0.4, -0.2) is 39.4 Å². The lowest BCUT2D eigenvalue weighted by molar-refractivity contribution is -0.121. The van der Waals surface area contributed by atoms with Gasteiger partial charge in [0.1, 0.15) is 18.1 Å². The Balaban J connectivity index is 1.93. The number of imidazole rings is 1. The van der Waals surface area contributed by atoms with E-state index in [9.17, 15) is 4.79 Å². The largest absolute Gasteiger partial charge is 0.496 e. The molecule has 124 valence electrons. The van der Waals surface area contributed by atoms with Gasteiger partial charge in [-0.25, -0.2) is 4.98 Å². The van der Waals surface area contributed by atoms with Crippen LogP contribution in [0.3, 0.4) is 0 Å². The van der Waals surface area contributed by atoms with Crippen LogP contribution in [0.4, 0.5) is 0 Å². The highest BCUT2D eigenvalue weighted by Crippen LogP contribution is 2.26. The number of aromatic nitrogens is 4. The smallest absolute Gasteiger partial charge is 0.241 e. The molecule has 2 heterocycles. The van der Waals surface area contributed by atoms with Crippen LogP contribution < -0.4 is 10.1 Å². The minimum atomic E-state index is -0.0960. The topological polar surface area (TPSA) is 74.0 Å². The number of nitrogens with zero attached hydrogens (tertiary/aromatic N) is 4. The molecular weight excluding hydrogens is 306 g/mol. The van der Waals surface area contributed by atoms with Crippen molar-refractivity contribution in [2.45, 2.75) is 13.5 Å². The number of likely N-dealkylation sites (N-methyl/N-ethyl adjacent to an activating group) is 1. The Bertz CT molecular complexity index is 866. The minimum Gasteiger partial charge on any atom is -0.496 e. The summed E-state index contributed by atoms with van der Waals surface area (Å²) in [6.45, 7) is 2.18. The first-order valence-electron chi connectivity index (χ1n) is 7.54. The first kappa shape index (κ1) is 15.8. The molecule has 2 aromatic heterocycles. The molecule has 0 aliphatic carbocycles. The maximum absolute atomic E-state index is 11.5. The first-order chi connectivity index (χ1) is 11.6. The van der Waals surface area contributed by atoms with Crippen LogP contribution >= 0.6 is 0 Å². The van der Waals surface area contributed by atoms with Crippen molar-refractivity contribution >= 4 is 5.91 Å². The number of hydrogen-bond donors (Lipinski definition) is 1. The Morgan fingerprint density at radius 3 is 2.92 bits per heavy atom. The summed E-state index contributed by atoms with van der Waals surface area (Å²) in [5.74, 6) is 1.55. The maximum Gasteiger partial charge on any atom is 0.241 e. The fourth-order valence-corrected chi connectivity index (χ4v) is 2.53. The molecular formula is C17H19N5O2. The first-order valence-corrected chi connectivity index (χ1v) is 7.54. The van der Waals surface area contributed by atoms with Crippen LogP contribution in [-0.2, 0) is 11.3 Å². The Labute approximate surface area is 139 Å². The highest BCUT2D eigenvalue weighted by atomic mass is 16.5. The lowest BCUT2D eigenvalue weighted by Gasteiger charge is -2.09. The highest BCUT2D eigenvalue weighted by Gasteiger charge is 2.11. The summed E-state index contributed by atoms with van der Waals surface area (Å²) in [5.41, 5.74) is 2.87. The number of carbonyl (C=O) groups excluding carboxylic acids is 1. The molecule has 0 atom stereocenters. The predicted molar refractivity (Wildman–Crippen MR) is 90.1 cm³/mol. The summed E-state index contributed by atoms with van der Waals surface area (Å²) in [5, 5.41) is 6.81. The summed E-state index contributed by atoms with van der Waals surface area (Å²) >= 11 is 0. The zero-order valence-electron chi connectivity index (χ0n) is 13.9. The van der Waals surface area contributed by atoms with Gasteiger partial charge in [0.25, 0.3) is 0 Å². The molecule has 0 spiro atoms. The van der Waals surface area contributed by atoms with Crippen LogP contribution in [0.5, 0.6) is 5.75 Å². The maximum atomic E-state index is 11.5. The van der Waals surface area contributed by atoms with Crippen molar-refractivity contribution in [2.24, 2.45) is 0 Å². The Morgan fingerprint density at radius 1 is 1.38 bits per heavy atom. The van der Waals surface area contributed by atoms with Gasteiger partial charge in [0.2, 0.25) is 5.91 Å². The van der Waals surface area contributed by atoms with Gasteiger partial charge >= 0.3 is 0 Å². The van der Waals surface area contributed by atoms with Crippen molar-refractivity contribution in [3.63, 3.8) is 0 Å². The molecule has 1 N–H and O–H groups in total. The number of aryl methyl sites for hydroxylation is 1. The average molecular weight is 325 g/mol. The molecule has 1 amide bonds. The van der Waals surface area contributed by atoms with E-state index in [4.69, 9.17) is 4.74 Å². The van der Waals surface area contributed by atoms with E-state index in [0.29, 0.717) is 0 Å². The minimum absolute atomic E-state index is 0.0960. The van der Waals surface area contributed by atoms with Gasteiger partial charge < -0.3 is 10.1 Å². The second kappa shape index (κ2) is 6.57. The molecule has 0 unspecified atom stereocenters. The molecule has 0 radical (unpaired) electrons. The fraction of sp³-hybridized carbons (Fsp3) is 0.235. The number of hydrogen-bond acceptors (Lipinski definition) is 4. The number of amides is 1. The van der Waals surface area contributed by atoms with Gasteiger partial charge in [-0.2, -0.15) is 5.10 Å². The third-order valence-corrected chi connectivity index (χ3v) is 3.78. The van der Waals surface area contributed by atoms with Crippen molar-refractivity contribution in [1.82, 2.24) is 24.6 Å². The van der Waals surface area contributed by atoms with Gasteiger partial charge in [-0.1, -0.05) is 0 Å². The molecule has 1 aromatic carbocycles. The van der Waals surface area contributed by atoms with E-state index < -0.39 is 0 Å². The monoisotopic (exact) mass is 325 g/mol. The average Bonchev–Trinajstić information content (AvgIpc) is 3.23. The summed E-state index contributed by atoms with van der Waals surface area (Å²) < 4.78 is 8.84. The zero-order valence-corrected chi connectivity index (χ0v) is 13.9. The molecule has 0 aliphatic rings. The van der Waals surface area contributed by atoms with Crippen LogP contribution in [0.1, 0.15) is 5.56 Å². The van der Waals surface area contributed by atoms with Gasteiger partial charge in [0, 0.05) is 31.2 Å².